The second-order valence-electron chi connectivity index (χ2n) is 13.8. The van der Waals surface area contributed by atoms with E-state index in [0.717, 1.165) is 30.5 Å². The molecule has 13 nitrogen and oxygen atoms in total. The monoisotopic (exact) mass is 888 g/mol. The molecular formula is C44H37Cl2F3N6O7. The minimum atomic E-state index is -4.64. The van der Waals surface area contributed by atoms with Crippen LogP contribution in [0.15, 0.2) is 103 Å². The van der Waals surface area contributed by atoms with E-state index in [1.54, 1.807) is 66.9 Å². The van der Waals surface area contributed by atoms with Crippen molar-refractivity contribution in [1.82, 2.24) is 15.3 Å². The number of ketones is 1. The van der Waals surface area contributed by atoms with Crippen LogP contribution in [0.1, 0.15) is 51.2 Å². The van der Waals surface area contributed by atoms with Crippen molar-refractivity contribution in [2.45, 2.75) is 31.9 Å². The van der Waals surface area contributed by atoms with E-state index in [0.29, 0.717) is 69.1 Å². The number of anilines is 2. The molecule has 320 valence electrons. The van der Waals surface area contributed by atoms with Gasteiger partial charge >= 0.3 is 12.2 Å². The van der Waals surface area contributed by atoms with Gasteiger partial charge in [0.25, 0.3) is 11.8 Å². The van der Waals surface area contributed by atoms with Gasteiger partial charge in [0.1, 0.15) is 40.2 Å². The number of nitrogens with zero attached hydrogens (tertiary/aromatic N) is 2. The lowest BCUT2D eigenvalue weighted by molar-refractivity contribution is -0.137. The number of rotatable bonds is 13. The number of amides is 4. The molecule has 1 saturated carbocycles. The van der Waals surface area contributed by atoms with Crippen LogP contribution in [0.25, 0.3) is 10.9 Å². The predicted octanol–water partition coefficient (Wildman–Crippen LogP) is 10.2. The number of halogens is 5. The number of hydrogen-bond donors (Lipinski definition) is 4. The number of nitrogens with one attached hydrogen (secondary N) is 3. The highest BCUT2D eigenvalue weighted by Crippen LogP contribution is 2.38. The Labute approximate surface area is 362 Å². The van der Waals surface area contributed by atoms with Gasteiger partial charge < -0.3 is 35.9 Å². The van der Waals surface area contributed by atoms with Crippen LogP contribution in [-0.2, 0) is 17.4 Å². The standard InChI is InChI=1S/C23H21ClN2O4.C21H16ClF3N4O3/c1-29-22-12-20-17(11-18(22)23(25)28)21(6-7-26-20)30-16-5-4-14(19(24)10-16)9-15(27)8-13-2-3-13;1-26-19(30)18-11-15(8-9-27-18)32-14-5-2-12(3-6-14)28-20(31)29-13-4-7-17(22)16(10-13)21(23,24)25/h4-7,10-13H,2-3,8-9H2,1H3,(H2,25,28);2-11H,1H3,(H,26,30)(H2,28,29,31). The van der Waals surface area contributed by atoms with Crippen molar-refractivity contribution < 1.29 is 46.6 Å². The highest BCUT2D eigenvalue weighted by Gasteiger charge is 2.33. The smallest absolute Gasteiger partial charge is 0.417 e. The van der Waals surface area contributed by atoms with Crippen molar-refractivity contribution in [2.24, 2.45) is 11.7 Å². The molecule has 0 unspecified atom stereocenters. The number of primary amides is 1. The van der Waals surface area contributed by atoms with Gasteiger partial charge in [-0.1, -0.05) is 29.3 Å². The molecule has 6 aromatic rings. The highest BCUT2D eigenvalue weighted by atomic mass is 35.5. The fourth-order valence-corrected chi connectivity index (χ4v) is 6.43. The summed E-state index contributed by atoms with van der Waals surface area (Å²) in [5.74, 6) is 1.99. The Bertz CT molecular complexity index is 2640. The number of methoxy groups -OCH3 is 1. The second-order valence-corrected chi connectivity index (χ2v) is 14.6. The number of pyridine rings is 2. The van der Waals surface area contributed by atoms with E-state index in [2.05, 4.69) is 25.9 Å². The number of Topliss-reactive ketones (excluding diaryl/α,β-unsaturated/α-hetero) is 1. The number of benzene rings is 4. The number of hydrogen-bond acceptors (Lipinski definition) is 9. The Morgan fingerprint density at radius 2 is 1.45 bits per heavy atom. The third-order valence-corrected chi connectivity index (χ3v) is 9.89. The van der Waals surface area contributed by atoms with Gasteiger partial charge in [-0.25, -0.2) is 4.79 Å². The van der Waals surface area contributed by atoms with Gasteiger partial charge in [-0.05, 0) is 97.1 Å². The molecule has 1 aliphatic rings. The zero-order chi connectivity index (χ0) is 44.6. The van der Waals surface area contributed by atoms with E-state index in [1.165, 1.54) is 32.5 Å². The number of urea groups is 1. The summed E-state index contributed by atoms with van der Waals surface area (Å²) in [6, 6.07) is 21.8. The maximum Gasteiger partial charge on any atom is 0.417 e. The van der Waals surface area contributed by atoms with Crippen LogP contribution >= 0.6 is 23.2 Å². The molecule has 0 radical (unpaired) electrons. The molecule has 0 atom stereocenters. The van der Waals surface area contributed by atoms with Crippen LogP contribution in [0.3, 0.4) is 0 Å². The molecule has 0 spiro atoms. The molecule has 0 bridgehead atoms. The number of fused-ring (bicyclic) bond motifs is 1. The first kappa shape index (κ1) is 44.6. The van der Waals surface area contributed by atoms with Gasteiger partial charge in [0.05, 0.1) is 28.8 Å². The minimum absolute atomic E-state index is 0.0659. The van der Waals surface area contributed by atoms with Gasteiger partial charge in [0, 0.05) is 66.2 Å². The molecule has 1 fully saturated rings. The Morgan fingerprint density at radius 3 is 2.11 bits per heavy atom. The average molecular weight is 890 g/mol. The maximum atomic E-state index is 12.9. The van der Waals surface area contributed by atoms with Crippen LogP contribution in [0.5, 0.6) is 28.7 Å². The molecule has 18 heteroatoms. The van der Waals surface area contributed by atoms with Gasteiger partial charge in [0.15, 0.2) is 0 Å². The number of ether oxygens (including phenoxy) is 3. The van der Waals surface area contributed by atoms with Crippen molar-refractivity contribution in [3.05, 3.63) is 136 Å². The number of nitrogens with two attached hydrogens (primary N) is 1. The van der Waals surface area contributed by atoms with Crippen LogP contribution < -0.4 is 35.9 Å². The summed E-state index contributed by atoms with van der Waals surface area (Å²) in [5.41, 5.74) is 6.55. The minimum Gasteiger partial charge on any atom is -0.496 e. The van der Waals surface area contributed by atoms with Crippen molar-refractivity contribution in [1.29, 1.82) is 0 Å². The lowest BCUT2D eigenvalue weighted by Crippen LogP contribution is -2.19. The molecule has 7 rings (SSSR count). The van der Waals surface area contributed by atoms with Gasteiger partial charge in [-0.3, -0.25) is 24.4 Å². The molecular weight excluding hydrogens is 852 g/mol. The summed E-state index contributed by atoms with van der Waals surface area (Å²) in [4.78, 5) is 55.9. The molecule has 5 N–H and O–H groups in total. The van der Waals surface area contributed by atoms with Crippen molar-refractivity contribution in [3.63, 3.8) is 0 Å². The number of aromatic nitrogens is 2. The quantitative estimate of drug-likeness (QED) is 0.0876. The number of alkyl halides is 3. The summed E-state index contributed by atoms with van der Waals surface area (Å²) in [6.45, 7) is 0. The van der Waals surface area contributed by atoms with E-state index in [4.69, 9.17) is 43.1 Å². The Kier molecular flexibility index (Phi) is 14.1. The molecule has 2 heterocycles. The SMILES string of the molecule is CNC(=O)c1cc(Oc2ccc(NC(=O)Nc3ccc(Cl)c(C(F)(F)F)c3)cc2)ccn1.COc1cc2nccc(Oc3ccc(CC(=O)CC4CC4)c(Cl)c3)c2cc1C(N)=O. The average Bonchev–Trinajstić information content (AvgIpc) is 4.06. The van der Waals surface area contributed by atoms with Gasteiger partial charge in [-0.15, -0.1) is 0 Å². The molecule has 1 aliphatic carbocycles. The maximum absolute atomic E-state index is 12.9. The van der Waals surface area contributed by atoms with E-state index in [1.807, 2.05) is 6.07 Å². The van der Waals surface area contributed by atoms with Crippen LogP contribution in [0.2, 0.25) is 10.0 Å². The third-order valence-electron chi connectivity index (χ3n) is 9.21. The first-order chi connectivity index (χ1) is 29.6. The Morgan fingerprint density at radius 1 is 0.774 bits per heavy atom. The van der Waals surface area contributed by atoms with E-state index in [9.17, 15) is 32.3 Å². The van der Waals surface area contributed by atoms with Crippen molar-refractivity contribution in [2.75, 3.05) is 24.8 Å². The molecule has 0 saturated heterocycles. The van der Waals surface area contributed by atoms with Crippen LogP contribution in [0, 0.1) is 5.92 Å². The topological polar surface area (TPSA) is 184 Å². The molecule has 0 aliphatic heterocycles. The Balaban J connectivity index is 0.000000207. The summed E-state index contributed by atoms with van der Waals surface area (Å²) < 4.78 is 55.7. The molecule has 62 heavy (non-hydrogen) atoms. The van der Waals surface area contributed by atoms with Crippen molar-refractivity contribution >= 4 is 69.1 Å². The predicted molar refractivity (Wildman–Crippen MR) is 228 cm³/mol. The number of carbonyl (C=O) groups excluding carboxylic acids is 4. The van der Waals surface area contributed by atoms with Gasteiger partial charge in [0.2, 0.25) is 0 Å². The van der Waals surface area contributed by atoms with Crippen LogP contribution in [0.4, 0.5) is 29.3 Å². The summed E-state index contributed by atoms with van der Waals surface area (Å²) >= 11 is 12.0. The normalized spacial score (nSPS) is 12.0. The molecule has 2 aromatic heterocycles. The highest BCUT2D eigenvalue weighted by molar-refractivity contribution is 6.32. The van der Waals surface area contributed by atoms with E-state index >= 15 is 0 Å². The van der Waals surface area contributed by atoms with Crippen molar-refractivity contribution in [3.8, 4) is 28.7 Å². The summed E-state index contributed by atoms with van der Waals surface area (Å²) in [7, 11) is 2.95. The fraction of sp³-hybridized carbons (Fsp3) is 0.182. The zero-order valence-electron chi connectivity index (χ0n) is 32.9. The zero-order valence-corrected chi connectivity index (χ0v) is 34.5. The second kappa shape index (κ2) is 19.6. The molecule has 4 aromatic carbocycles. The largest absolute Gasteiger partial charge is 0.496 e. The number of carbonyl (C=O) groups is 4. The van der Waals surface area contributed by atoms with Gasteiger partial charge in [-0.2, -0.15) is 13.2 Å². The lowest BCUT2D eigenvalue weighted by atomic mass is 10.0. The Hall–Kier alpha value is -6.91. The first-order valence-corrected chi connectivity index (χ1v) is 19.5. The van der Waals surface area contributed by atoms with Crippen LogP contribution in [-0.4, -0.2) is 47.8 Å². The molecule has 4 amide bonds. The van der Waals surface area contributed by atoms with E-state index in [-0.39, 0.29) is 28.6 Å². The fourth-order valence-electron chi connectivity index (χ4n) is 5.97. The summed E-state index contributed by atoms with van der Waals surface area (Å²) in [5, 5.41) is 7.92. The summed E-state index contributed by atoms with van der Waals surface area (Å²) in [6.07, 6.45) is 1.65. The van der Waals surface area contributed by atoms with E-state index < -0.39 is 28.7 Å². The lowest BCUT2D eigenvalue weighted by Gasteiger charge is -2.12. The first-order valence-electron chi connectivity index (χ1n) is 18.8. The third kappa shape index (κ3) is 11.9.